The second kappa shape index (κ2) is 6.60. The second-order valence-corrected chi connectivity index (χ2v) is 6.68. The first kappa shape index (κ1) is 16.4. The topological polar surface area (TPSA) is 66.7 Å². The highest BCUT2D eigenvalue weighted by Crippen LogP contribution is 2.30. The van der Waals surface area contributed by atoms with E-state index in [2.05, 4.69) is 11.7 Å². The van der Waals surface area contributed by atoms with Crippen LogP contribution in [0.25, 0.3) is 10.6 Å². The van der Waals surface area contributed by atoms with Crippen molar-refractivity contribution in [2.45, 2.75) is 19.4 Å². The molecule has 0 spiro atoms. The molecule has 1 unspecified atom stereocenters. The Kier molecular flexibility index (Phi) is 4.53. The van der Waals surface area contributed by atoms with Crippen LogP contribution < -0.4 is 0 Å². The van der Waals surface area contributed by atoms with Crippen LogP contribution in [0.2, 0.25) is 0 Å². The Morgan fingerprint density at radius 3 is 3.08 bits per heavy atom. The van der Waals surface area contributed by atoms with Crippen LogP contribution in [0, 0.1) is 6.92 Å². The zero-order valence-electron chi connectivity index (χ0n) is 13.7. The minimum Gasteiger partial charge on any atom is -0.360 e. The minimum atomic E-state index is -0.456. The van der Waals surface area contributed by atoms with Crippen molar-refractivity contribution < 1.29 is 14.1 Å². The van der Waals surface area contributed by atoms with E-state index >= 15 is 0 Å². The lowest BCUT2D eigenvalue weighted by Gasteiger charge is -2.23. The summed E-state index contributed by atoms with van der Waals surface area (Å²) in [6.07, 6.45) is 2.31. The lowest BCUT2D eigenvalue weighted by Crippen LogP contribution is -2.43. The quantitative estimate of drug-likeness (QED) is 0.781. The maximum atomic E-state index is 13.0. The van der Waals surface area contributed by atoms with Crippen molar-refractivity contribution in [2.75, 3.05) is 20.1 Å². The molecule has 3 rings (SSSR count). The zero-order chi connectivity index (χ0) is 17.3. The molecule has 7 heteroatoms. The van der Waals surface area contributed by atoms with Gasteiger partial charge in [0, 0.05) is 20.1 Å². The number of thiophene rings is 1. The van der Waals surface area contributed by atoms with Crippen molar-refractivity contribution in [3.8, 4) is 10.6 Å². The molecule has 1 saturated heterocycles. The van der Waals surface area contributed by atoms with Gasteiger partial charge in [0.05, 0.1) is 4.88 Å². The van der Waals surface area contributed by atoms with Crippen LogP contribution >= 0.6 is 11.3 Å². The highest BCUT2D eigenvalue weighted by molar-refractivity contribution is 7.13. The average molecular weight is 345 g/mol. The molecule has 0 bridgehead atoms. The number of amides is 2. The summed E-state index contributed by atoms with van der Waals surface area (Å²) in [6.45, 7) is 6.51. The molecular weight excluding hydrogens is 326 g/mol. The largest absolute Gasteiger partial charge is 0.360 e. The molecule has 0 aliphatic carbocycles. The summed E-state index contributed by atoms with van der Waals surface area (Å²) in [7, 11) is 1.66. The molecule has 6 nitrogen and oxygen atoms in total. The van der Waals surface area contributed by atoms with Crippen molar-refractivity contribution in [3.05, 3.63) is 41.5 Å². The minimum absolute atomic E-state index is 0.0440. The van der Waals surface area contributed by atoms with Gasteiger partial charge in [-0.15, -0.1) is 17.9 Å². The standard InChI is InChI=1S/C17H19N3O3S/c1-4-8-20-9-7-12(16(20)21)19(3)17(22)14-11(2)23-18-15(14)13-6-5-10-24-13/h4-6,10,12H,1,7-9H2,2-3H3. The van der Waals surface area contributed by atoms with Crippen molar-refractivity contribution >= 4 is 23.2 Å². The highest BCUT2D eigenvalue weighted by Gasteiger charge is 2.37. The smallest absolute Gasteiger partial charge is 0.260 e. The molecule has 2 aromatic heterocycles. The molecular formula is C17H19N3O3S. The summed E-state index contributed by atoms with van der Waals surface area (Å²) >= 11 is 1.49. The van der Waals surface area contributed by atoms with Crippen LogP contribution in [0.1, 0.15) is 22.5 Å². The third-order valence-electron chi connectivity index (χ3n) is 4.24. The number of aromatic nitrogens is 1. The number of aryl methyl sites for hydroxylation is 1. The fraction of sp³-hybridized carbons (Fsp3) is 0.353. The number of likely N-dealkylation sites (N-methyl/N-ethyl adjacent to an activating group) is 1. The first-order valence-electron chi connectivity index (χ1n) is 7.71. The van der Waals surface area contributed by atoms with E-state index < -0.39 is 6.04 Å². The Morgan fingerprint density at radius 2 is 2.42 bits per heavy atom. The van der Waals surface area contributed by atoms with Crippen LogP contribution in [0.4, 0.5) is 0 Å². The van der Waals surface area contributed by atoms with Crippen molar-refractivity contribution in [1.82, 2.24) is 15.0 Å². The van der Waals surface area contributed by atoms with Gasteiger partial charge in [-0.2, -0.15) is 0 Å². The first-order valence-corrected chi connectivity index (χ1v) is 8.59. The van der Waals surface area contributed by atoms with Crippen LogP contribution in [-0.2, 0) is 4.79 Å². The normalized spacial score (nSPS) is 17.3. The number of likely N-dealkylation sites (tertiary alicyclic amines) is 1. The van der Waals surface area contributed by atoms with E-state index in [9.17, 15) is 9.59 Å². The van der Waals surface area contributed by atoms with E-state index in [0.717, 1.165) is 4.88 Å². The van der Waals surface area contributed by atoms with E-state index in [1.54, 1.807) is 24.9 Å². The van der Waals surface area contributed by atoms with Crippen LogP contribution in [0.5, 0.6) is 0 Å². The molecule has 2 amide bonds. The number of hydrogen-bond donors (Lipinski definition) is 0. The second-order valence-electron chi connectivity index (χ2n) is 5.73. The molecule has 126 valence electrons. The fourth-order valence-electron chi connectivity index (χ4n) is 2.94. The summed E-state index contributed by atoms with van der Waals surface area (Å²) < 4.78 is 5.24. The van der Waals surface area contributed by atoms with Crippen LogP contribution in [-0.4, -0.2) is 52.9 Å². The predicted octanol–water partition coefficient (Wildman–Crippen LogP) is 2.57. The van der Waals surface area contributed by atoms with Gasteiger partial charge in [-0.1, -0.05) is 17.3 Å². The fourth-order valence-corrected chi connectivity index (χ4v) is 3.65. The van der Waals surface area contributed by atoms with Gasteiger partial charge in [0.2, 0.25) is 5.91 Å². The molecule has 1 atom stereocenters. The first-order chi connectivity index (χ1) is 11.5. The predicted molar refractivity (Wildman–Crippen MR) is 91.8 cm³/mol. The maximum Gasteiger partial charge on any atom is 0.260 e. The van der Waals surface area contributed by atoms with Crippen molar-refractivity contribution in [2.24, 2.45) is 0 Å². The molecule has 1 aliphatic rings. The van der Waals surface area contributed by atoms with Crippen LogP contribution in [0.3, 0.4) is 0 Å². The maximum absolute atomic E-state index is 13.0. The Labute approximate surface area is 144 Å². The van der Waals surface area contributed by atoms with Gasteiger partial charge in [0.1, 0.15) is 23.1 Å². The molecule has 0 radical (unpaired) electrons. The molecule has 0 saturated carbocycles. The Balaban J connectivity index is 1.86. The van der Waals surface area contributed by atoms with Crippen molar-refractivity contribution in [1.29, 1.82) is 0 Å². The zero-order valence-corrected chi connectivity index (χ0v) is 14.5. The molecule has 0 N–H and O–H groups in total. The number of nitrogens with zero attached hydrogens (tertiary/aromatic N) is 3. The van der Waals surface area contributed by atoms with E-state index in [0.29, 0.717) is 36.5 Å². The van der Waals surface area contributed by atoms with E-state index in [4.69, 9.17) is 4.52 Å². The van der Waals surface area contributed by atoms with Gasteiger partial charge in [0.25, 0.3) is 5.91 Å². The highest BCUT2D eigenvalue weighted by atomic mass is 32.1. The molecule has 1 aliphatic heterocycles. The van der Waals surface area contributed by atoms with E-state index in [1.807, 2.05) is 17.5 Å². The SMILES string of the molecule is C=CCN1CCC(N(C)C(=O)c2c(-c3cccs3)noc2C)C1=O. The lowest BCUT2D eigenvalue weighted by atomic mass is 10.1. The van der Waals surface area contributed by atoms with Gasteiger partial charge in [-0.25, -0.2) is 0 Å². The summed E-state index contributed by atoms with van der Waals surface area (Å²) in [6, 6.07) is 3.34. The number of rotatable bonds is 5. The Hall–Kier alpha value is -2.41. The molecule has 1 fully saturated rings. The van der Waals surface area contributed by atoms with Crippen LogP contribution in [0.15, 0.2) is 34.7 Å². The summed E-state index contributed by atoms with van der Waals surface area (Å²) in [5.74, 6) is 0.178. The average Bonchev–Trinajstić information content (AvgIpc) is 3.28. The summed E-state index contributed by atoms with van der Waals surface area (Å²) in [5.41, 5.74) is 0.961. The van der Waals surface area contributed by atoms with Crippen molar-refractivity contribution in [3.63, 3.8) is 0 Å². The van der Waals surface area contributed by atoms with Gasteiger partial charge >= 0.3 is 0 Å². The number of carbonyl (C=O) groups excluding carboxylic acids is 2. The summed E-state index contributed by atoms with van der Waals surface area (Å²) in [4.78, 5) is 29.5. The number of hydrogen-bond acceptors (Lipinski definition) is 5. The molecule has 0 aromatic carbocycles. The van der Waals surface area contributed by atoms with Gasteiger partial charge in [-0.05, 0) is 24.8 Å². The lowest BCUT2D eigenvalue weighted by molar-refractivity contribution is -0.130. The van der Waals surface area contributed by atoms with Gasteiger partial charge in [0.15, 0.2) is 0 Å². The van der Waals surface area contributed by atoms with Gasteiger partial charge in [-0.3, -0.25) is 9.59 Å². The van der Waals surface area contributed by atoms with E-state index in [-0.39, 0.29) is 11.8 Å². The Morgan fingerprint density at radius 1 is 1.62 bits per heavy atom. The number of carbonyl (C=O) groups is 2. The molecule has 3 heterocycles. The molecule has 24 heavy (non-hydrogen) atoms. The third-order valence-corrected chi connectivity index (χ3v) is 5.11. The molecule has 2 aromatic rings. The monoisotopic (exact) mass is 345 g/mol. The van der Waals surface area contributed by atoms with E-state index in [1.165, 1.54) is 16.2 Å². The third kappa shape index (κ3) is 2.75. The summed E-state index contributed by atoms with van der Waals surface area (Å²) in [5, 5.41) is 5.95. The van der Waals surface area contributed by atoms with Gasteiger partial charge < -0.3 is 14.3 Å². The Bertz CT molecular complexity index is 766.